The third-order valence-electron chi connectivity index (χ3n) is 2.34. The predicted molar refractivity (Wildman–Crippen MR) is 93.2 cm³/mol. The highest BCUT2D eigenvalue weighted by Crippen LogP contribution is 2.14. The van der Waals surface area contributed by atoms with Gasteiger partial charge in [0.15, 0.2) is 32.7 Å². The molecule has 0 aromatic heterocycles. The van der Waals surface area contributed by atoms with Gasteiger partial charge < -0.3 is 13.3 Å². The standard InChI is InChI=1S/C14H28O3Si3/c1-19(2,3)16-14(17-20(4,5)6)12-15-18-13-10-8-7-9-11-13/h7-11,14H,12,18H2,1-6H3. The second kappa shape index (κ2) is 7.67. The van der Waals surface area contributed by atoms with E-state index in [1.807, 2.05) is 6.07 Å². The molecule has 0 aliphatic carbocycles. The van der Waals surface area contributed by atoms with Crippen molar-refractivity contribution in [3.05, 3.63) is 30.3 Å². The first-order chi connectivity index (χ1) is 9.16. The molecule has 0 aliphatic heterocycles. The molecule has 0 saturated heterocycles. The smallest absolute Gasteiger partial charge is 0.192 e. The highest BCUT2D eigenvalue weighted by Gasteiger charge is 2.26. The van der Waals surface area contributed by atoms with Crippen molar-refractivity contribution < 1.29 is 13.3 Å². The van der Waals surface area contributed by atoms with Crippen LogP contribution in [0.3, 0.4) is 0 Å². The molecule has 6 heteroatoms. The van der Waals surface area contributed by atoms with Gasteiger partial charge in [0, 0.05) is 0 Å². The van der Waals surface area contributed by atoms with Crippen molar-refractivity contribution in [3.8, 4) is 0 Å². The maximum atomic E-state index is 6.10. The zero-order valence-corrected chi connectivity index (χ0v) is 17.0. The minimum Gasteiger partial charge on any atom is -0.413 e. The monoisotopic (exact) mass is 328 g/mol. The molecule has 0 heterocycles. The Bertz CT molecular complexity index is 369. The van der Waals surface area contributed by atoms with Crippen molar-refractivity contribution in [2.75, 3.05) is 6.61 Å². The van der Waals surface area contributed by atoms with Crippen LogP contribution in [0.5, 0.6) is 0 Å². The molecule has 0 unspecified atom stereocenters. The van der Waals surface area contributed by atoms with Gasteiger partial charge in [0.1, 0.15) is 0 Å². The topological polar surface area (TPSA) is 27.7 Å². The molecule has 0 aliphatic rings. The summed E-state index contributed by atoms with van der Waals surface area (Å²) >= 11 is 0. The number of rotatable bonds is 8. The molecule has 0 spiro atoms. The molecule has 1 aromatic rings. The first-order valence-electron chi connectivity index (χ1n) is 7.13. The number of hydrogen-bond acceptors (Lipinski definition) is 3. The fraction of sp³-hybridized carbons (Fsp3) is 0.571. The molecule has 20 heavy (non-hydrogen) atoms. The first-order valence-corrected chi connectivity index (χ1v) is 15.2. The van der Waals surface area contributed by atoms with E-state index >= 15 is 0 Å². The molecule has 0 N–H and O–H groups in total. The van der Waals surface area contributed by atoms with Gasteiger partial charge in [0.05, 0.1) is 6.61 Å². The average molecular weight is 329 g/mol. The van der Waals surface area contributed by atoms with Crippen LogP contribution in [0.1, 0.15) is 0 Å². The molecule has 0 amide bonds. The van der Waals surface area contributed by atoms with Crippen molar-refractivity contribution in [2.45, 2.75) is 45.6 Å². The van der Waals surface area contributed by atoms with Gasteiger partial charge in [-0.1, -0.05) is 30.3 Å². The first kappa shape index (κ1) is 17.8. The van der Waals surface area contributed by atoms with Crippen molar-refractivity contribution in [1.29, 1.82) is 0 Å². The molecule has 0 atom stereocenters. The summed E-state index contributed by atoms with van der Waals surface area (Å²) in [6, 6.07) is 10.4. The van der Waals surface area contributed by atoms with Crippen LogP contribution in [0.4, 0.5) is 0 Å². The number of hydrogen-bond donors (Lipinski definition) is 0. The largest absolute Gasteiger partial charge is 0.413 e. The van der Waals surface area contributed by atoms with Gasteiger partial charge in [-0.15, -0.1) is 0 Å². The van der Waals surface area contributed by atoms with Crippen LogP contribution in [0, 0.1) is 0 Å². The third-order valence-corrected chi connectivity index (χ3v) is 5.52. The summed E-state index contributed by atoms with van der Waals surface area (Å²) < 4.78 is 18.1. The van der Waals surface area contributed by atoms with Crippen LogP contribution in [0.15, 0.2) is 30.3 Å². The lowest BCUT2D eigenvalue weighted by molar-refractivity contribution is -0.0385. The van der Waals surface area contributed by atoms with Crippen LogP contribution >= 0.6 is 0 Å². The summed E-state index contributed by atoms with van der Waals surface area (Å²) in [6.07, 6.45) is -0.204. The molecule has 1 rings (SSSR count). The van der Waals surface area contributed by atoms with Crippen LogP contribution in [-0.2, 0) is 13.3 Å². The molecule has 0 fully saturated rings. The summed E-state index contributed by atoms with van der Waals surface area (Å²) in [7, 11) is -3.92. The van der Waals surface area contributed by atoms with Crippen molar-refractivity contribution in [3.63, 3.8) is 0 Å². The second-order valence-corrected chi connectivity index (χ2v) is 17.3. The SMILES string of the molecule is C[Si](C)(C)OC(CO[SiH2]c1ccccc1)O[Si](C)(C)C. The van der Waals surface area contributed by atoms with Gasteiger partial charge in [0.25, 0.3) is 0 Å². The van der Waals surface area contributed by atoms with E-state index in [1.165, 1.54) is 5.19 Å². The zero-order chi connectivity index (χ0) is 15.2. The fourth-order valence-electron chi connectivity index (χ4n) is 1.73. The van der Waals surface area contributed by atoms with Crippen molar-refractivity contribution >= 4 is 31.6 Å². The van der Waals surface area contributed by atoms with Gasteiger partial charge >= 0.3 is 0 Å². The van der Waals surface area contributed by atoms with Gasteiger partial charge in [-0.3, -0.25) is 0 Å². The summed E-state index contributed by atoms with van der Waals surface area (Å²) in [6.45, 7) is 13.6. The van der Waals surface area contributed by atoms with Crippen molar-refractivity contribution in [2.24, 2.45) is 0 Å². The molecule has 114 valence electrons. The van der Waals surface area contributed by atoms with Crippen LogP contribution in [-0.4, -0.2) is 39.3 Å². The molecule has 3 nitrogen and oxygen atoms in total. The fourth-order valence-corrected chi connectivity index (χ4v) is 4.64. The normalized spacial score (nSPS) is 13.6. The summed E-state index contributed by atoms with van der Waals surface area (Å²) in [5.74, 6) is 0. The van der Waals surface area contributed by atoms with Crippen LogP contribution < -0.4 is 5.19 Å². The molecular formula is C14H28O3Si3. The van der Waals surface area contributed by atoms with E-state index in [2.05, 4.69) is 63.5 Å². The second-order valence-electron chi connectivity index (χ2n) is 6.89. The van der Waals surface area contributed by atoms with E-state index < -0.39 is 26.4 Å². The predicted octanol–water partition coefficient (Wildman–Crippen LogP) is 2.44. The van der Waals surface area contributed by atoms with Gasteiger partial charge in [-0.25, -0.2) is 0 Å². The maximum Gasteiger partial charge on any atom is 0.192 e. The maximum absolute atomic E-state index is 6.10. The van der Waals surface area contributed by atoms with Crippen molar-refractivity contribution in [1.82, 2.24) is 0 Å². The highest BCUT2D eigenvalue weighted by molar-refractivity contribution is 6.70. The van der Waals surface area contributed by atoms with E-state index in [0.29, 0.717) is 6.61 Å². The summed E-state index contributed by atoms with van der Waals surface area (Å²) in [5.41, 5.74) is 0. The Kier molecular flexibility index (Phi) is 6.83. The Balaban J connectivity index is 2.48. The van der Waals surface area contributed by atoms with E-state index in [0.717, 1.165) is 0 Å². The molecule has 0 radical (unpaired) electrons. The van der Waals surface area contributed by atoms with E-state index in [4.69, 9.17) is 13.3 Å². The minimum absolute atomic E-state index is 0.204. The lowest BCUT2D eigenvalue weighted by Gasteiger charge is -2.31. The molecule has 0 saturated carbocycles. The van der Waals surface area contributed by atoms with Gasteiger partial charge in [0.2, 0.25) is 0 Å². The van der Waals surface area contributed by atoms with E-state index in [9.17, 15) is 0 Å². The Morgan fingerprint density at radius 1 is 0.900 bits per heavy atom. The molecular weight excluding hydrogens is 300 g/mol. The summed E-state index contributed by atoms with van der Waals surface area (Å²) in [5, 5.41) is 1.31. The van der Waals surface area contributed by atoms with E-state index in [1.54, 1.807) is 0 Å². The Hall–Kier alpha value is -0.249. The Morgan fingerprint density at radius 3 is 1.85 bits per heavy atom. The quantitative estimate of drug-likeness (QED) is 0.542. The molecule has 0 bridgehead atoms. The van der Waals surface area contributed by atoms with Crippen LogP contribution in [0.2, 0.25) is 39.3 Å². The van der Waals surface area contributed by atoms with E-state index in [-0.39, 0.29) is 6.29 Å². The Morgan fingerprint density at radius 2 is 1.40 bits per heavy atom. The lowest BCUT2D eigenvalue weighted by Crippen LogP contribution is -2.42. The molecule has 1 aromatic carbocycles. The minimum atomic E-state index is -1.62. The number of benzene rings is 1. The van der Waals surface area contributed by atoms with Gasteiger partial charge in [-0.2, -0.15) is 0 Å². The summed E-state index contributed by atoms with van der Waals surface area (Å²) in [4.78, 5) is 0. The highest BCUT2D eigenvalue weighted by atomic mass is 28.4. The van der Waals surface area contributed by atoms with Crippen LogP contribution in [0.25, 0.3) is 0 Å². The average Bonchev–Trinajstić information content (AvgIpc) is 2.25. The van der Waals surface area contributed by atoms with Gasteiger partial charge in [-0.05, 0) is 44.5 Å². The third kappa shape index (κ3) is 8.83. The lowest BCUT2D eigenvalue weighted by atomic mass is 10.4. The zero-order valence-electron chi connectivity index (χ0n) is 13.6. The Labute approximate surface area is 127 Å².